The summed E-state index contributed by atoms with van der Waals surface area (Å²) in [7, 11) is 0. The Morgan fingerprint density at radius 1 is 1.17 bits per heavy atom. The summed E-state index contributed by atoms with van der Waals surface area (Å²) in [4.78, 5) is 19.3. The maximum absolute atomic E-state index is 13.1. The van der Waals surface area contributed by atoms with Gasteiger partial charge in [0.2, 0.25) is 0 Å². The summed E-state index contributed by atoms with van der Waals surface area (Å²) >= 11 is 1.35. The van der Waals surface area contributed by atoms with E-state index in [2.05, 4.69) is 12.2 Å². The third-order valence-corrected chi connectivity index (χ3v) is 6.99. The molecule has 0 aliphatic heterocycles. The number of rotatable bonds is 3. The van der Waals surface area contributed by atoms with Crippen molar-refractivity contribution in [1.82, 2.24) is 4.98 Å². The topological polar surface area (TPSA) is 81.2 Å². The number of hydrogen-bond donors (Lipinski definition) is 2. The maximum Gasteiger partial charge on any atom is 0.267 e. The van der Waals surface area contributed by atoms with Gasteiger partial charge in [0.15, 0.2) is 0 Å². The smallest absolute Gasteiger partial charge is 0.267 e. The van der Waals surface area contributed by atoms with E-state index in [1.54, 1.807) is 6.26 Å². The number of anilines is 2. The van der Waals surface area contributed by atoms with E-state index >= 15 is 0 Å². The largest absolute Gasteiger partial charge is 0.464 e. The summed E-state index contributed by atoms with van der Waals surface area (Å²) in [6.07, 6.45) is 5.82. The van der Waals surface area contributed by atoms with Crippen LogP contribution in [0, 0.1) is 13.8 Å². The Balaban J connectivity index is 1.64. The highest BCUT2D eigenvalue weighted by molar-refractivity contribution is 7.21. The molecule has 0 saturated heterocycles. The quantitative estimate of drug-likeness (QED) is 0.436. The van der Waals surface area contributed by atoms with Crippen LogP contribution < -0.4 is 11.1 Å². The Morgan fingerprint density at radius 2 is 2.00 bits per heavy atom. The van der Waals surface area contributed by atoms with Gasteiger partial charge in [0, 0.05) is 22.3 Å². The summed E-state index contributed by atoms with van der Waals surface area (Å²) in [5.41, 5.74) is 13.4. The zero-order chi connectivity index (χ0) is 20.8. The molecule has 0 fully saturated rings. The minimum atomic E-state index is -0.206. The minimum Gasteiger partial charge on any atom is -0.464 e. The van der Waals surface area contributed by atoms with Crippen LogP contribution in [0.5, 0.6) is 0 Å². The van der Waals surface area contributed by atoms with Crippen molar-refractivity contribution in [1.29, 1.82) is 0 Å². The van der Waals surface area contributed by atoms with Gasteiger partial charge in [-0.3, -0.25) is 4.79 Å². The number of carbonyl (C=O) groups is 1. The van der Waals surface area contributed by atoms with Gasteiger partial charge in [0.25, 0.3) is 5.91 Å². The van der Waals surface area contributed by atoms with Crippen molar-refractivity contribution in [3.05, 3.63) is 63.9 Å². The molecule has 0 unspecified atom stereocenters. The van der Waals surface area contributed by atoms with E-state index in [0.717, 1.165) is 64.2 Å². The van der Waals surface area contributed by atoms with Crippen molar-refractivity contribution in [2.75, 3.05) is 11.1 Å². The molecule has 3 aromatic heterocycles. The first kappa shape index (κ1) is 18.9. The van der Waals surface area contributed by atoms with Crippen molar-refractivity contribution < 1.29 is 9.21 Å². The predicted molar refractivity (Wildman–Crippen MR) is 122 cm³/mol. The maximum atomic E-state index is 13.1. The van der Waals surface area contributed by atoms with Crippen LogP contribution in [-0.2, 0) is 12.8 Å². The summed E-state index contributed by atoms with van der Waals surface area (Å²) < 4.78 is 5.76. The van der Waals surface area contributed by atoms with Gasteiger partial charge in [0.05, 0.1) is 12.0 Å². The molecule has 0 atom stereocenters. The number of thiophene rings is 1. The highest BCUT2D eigenvalue weighted by Crippen LogP contribution is 2.44. The van der Waals surface area contributed by atoms with Gasteiger partial charge >= 0.3 is 0 Å². The highest BCUT2D eigenvalue weighted by Gasteiger charge is 2.26. The lowest BCUT2D eigenvalue weighted by Gasteiger charge is -2.18. The molecule has 0 saturated carbocycles. The van der Waals surface area contributed by atoms with Gasteiger partial charge < -0.3 is 15.5 Å². The lowest BCUT2D eigenvalue weighted by Crippen LogP contribution is -2.12. The number of carbonyl (C=O) groups excluding carboxylic acids is 1. The molecule has 0 bridgehead atoms. The SMILES string of the molecule is Cc1ccc(NC(=O)c2sc3nc4c(c(-c5ccco5)c3c2N)CCCC4)cc1C. The van der Waals surface area contributed by atoms with E-state index < -0.39 is 0 Å². The fourth-order valence-electron chi connectivity index (χ4n) is 4.18. The van der Waals surface area contributed by atoms with Crippen LogP contribution in [0.4, 0.5) is 11.4 Å². The molecule has 4 aromatic rings. The summed E-state index contributed by atoms with van der Waals surface area (Å²) in [5, 5.41) is 3.83. The molecule has 1 aromatic carbocycles. The van der Waals surface area contributed by atoms with Gasteiger partial charge in [-0.15, -0.1) is 11.3 Å². The average molecular weight is 418 g/mol. The number of aryl methyl sites for hydroxylation is 3. The molecule has 5 nitrogen and oxygen atoms in total. The Hall–Kier alpha value is -3.12. The molecule has 1 amide bonds. The number of pyridine rings is 1. The molecule has 1 aliphatic carbocycles. The molecule has 152 valence electrons. The molecule has 3 N–H and O–H groups in total. The van der Waals surface area contributed by atoms with Crippen LogP contribution in [0.1, 0.15) is 44.9 Å². The highest BCUT2D eigenvalue weighted by atomic mass is 32.1. The molecule has 0 radical (unpaired) electrons. The van der Waals surface area contributed by atoms with E-state index in [1.165, 1.54) is 22.5 Å². The number of amides is 1. The van der Waals surface area contributed by atoms with E-state index in [9.17, 15) is 4.79 Å². The van der Waals surface area contributed by atoms with Crippen LogP contribution in [0.15, 0.2) is 41.0 Å². The predicted octanol–water partition coefficient (Wildman–Crippen LogP) is 5.89. The van der Waals surface area contributed by atoms with Crippen molar-refractivity contribution in [2.45, 2.75) is 39.5 Å². The molecule has 6 heteroatoms. The number of nitrogens with two attached hydrogens (primary N) is 1. The summed E-state index contributed by atoms with van der Waals surface area (Å²) in [6, 6.07) is 9.73. The van der Waals surface area contributed by atoms with E-state index in [4.69, 9.17) is 15.1 Å². The summed E-state index contributed by atoms with van der Waals surface area (Å²) in [5.74, 6) is 0.577. The Labute approximate surface area is 178 Å². The van der Waals surface area contributed by atoms with Crippen LogP contribution in [0.3, 0.4) is 0 Å². The number of fused-ring (bicyclic) bond motifs is 2. The first-order valence-electron chi connectivity index (χ1n) is 10.2. The van der Waals surface area contributed by atoms with Gasteiger partial charge in [-0.05, 0) is 80.5 Å². The summed E-state index contributed by atoms with van der Waals surface area (Å²) in [6.45, 7) is 4.08. The van der Waals surface area contributed by atoms with Crippen molar-refractivity contribution in [2.24, 2.45) is 0 Å². The number of aromatic nitrogens is 1. The van der Waals surface area contributed by atoms with E-state index in [0.29, 0.717) is 10.6 Å². The van der Waals surface area contributed by atoms with E-state index in [1.807, 2.05) is 37.3 Å². The lowest BCUT2D eigenvalue weighted by molar-refractivity contribution is 0.103. The molecule has 1 aliphatic rings. The average Bonchev–Trinajstić information content (AvgIpc) is 3.38. The van der Waals surface area contributed by atoms with Crippen molar-refractivity contribution in [3.8, 4) is 11.3 Å². The van der Waals surface area contributed by atoms with E-state index in [-0.39, 0.29) is 5.91 Å². The number of hydrogen-bond acceptors (Lipinski definition) is 5. The Bertz CT molecular complexity index is 1270. The fraction of sp³-hybridized carbons (Fsp3) is 0.250. The Kier molecular flexibility index (Phi) is 4.59. The van der Waals surface area contributed by atoms with Gasteiger partial charge in [0.1, 0.15) is 15.5 Å². The van der Waals surface area contributed by atoms with Crippen molar-refractivity contribution >= 4 is 38.8 Å². The molecule has 30 heavy (non-hydrogen) atoms. The zero-order valence-electron chi connectivity index (χ0n) is 17.0. The van der Waals surface area contributed by atoms with Crippen LogP contribution >= 0.6 is 11.3 Å². The number of nitrogens with zero attached hydrogens (tertiary/aromatic N) is 1. The molecular weight excluding hydrogens is 394 g/mol. The first-order valence-corrected chi connectivity index (χ1v) is 11.0. The third-order valence-electron chi connectivity index (χ3n) is 5.89. The standard InChI is InChI=1S/C24H23N3O2S/c1-13-9-10-15(12-14(13)2)26-23(28)22-21(25)20-19(18-8-5-11-29-18)16-6-3-4-7-17(16)27-24(20)30-22/h5,8-12H,3-4,6-7,25H2,1-2H3,(H,26,28). The normalized spacial score (nSPS) is 13.4. The van der Waals surface area contributed by atoms with Gasteiger partial charge in [-0.2, -0.15) is 0 Å². The second-order valence-corrected chi connectivity index (χ2v) is 8.87. The monoisotopic (exact) mass is 417 g/mol. The number of nitrogen functional groups attached to an aromatic ring is 1. The number of furan rings is 1. The van der Waals surface area contributed by atoms with Gasteiger partial charge in [-0.25, -0.2) is 4.98 Å². The fourth-order valence-corrected chi connectivity index (χ4v) is 5.19. The van der Waals surface area contributed by atoms with Crippen LogP contribution in [-0.4, -0.2) is 10.9 Å². The Morgan fingerprint density at radius 3 is 2.77 bits per heavy atom. The molecule has 5 rings (SSSR count). The minimum absolute atomic E-state index is 0.206. The molecule has 3 heterocycles. The first-order chi connectivity index (χ1) is 14.5. The molecular formula is C24H23N3O2S. The number of nitrogens with one attached hydrogen (secondary N) is 1. The van der Waals surface area contributed by atoms with Gasteiger partial charge in [-0.1, -0.05) is 6.07 Å². The molecule has 0 spiro atoms. The zero-order valence-corrected chi connectivity index (χ0v) is 17.9. The third kappa shape index (κ3) is 3.08. The second kappa shape index (κ2) is 7.29. The van der Waals surface area contributed by atoms with Crippen molar-refractivity contribution in [3.63, 3.8) is 0 Å². The number of benzene rings is 1. The lowest BCUT2D eigenvalue weighted by atomic mass is 9.89. The second-order valence-electron chi connectivity index (χ2n) is 7.87. The van der Waals surface area contributed by atoms with Crippen LogP contribution in [0.2, 0.25) is 0 Å². The van der Waals surface area contributed by atoms with Crippen LogP contribution in [0.25, 0.3) is 21.5 Å².